The number of imide groups is 1. The van der Waals surface area contributed by atoms with E-state index in [9.17, 15) is 9.59 Å². The molecule has 0 unspecified atom stereocenters. The van der Waals surface area contributed by atoms with E-state index in [-0.39, 0.29) is 33.0 Å². The highest BCUT2D eigenvalue weighted by atomic mass is 35.5. The summed E-state index contributed by atoms with van der Waals surface area (Å²) in [6.07, 6.45) is 0. The Morgan fingerprint density at radius 1 is 0.857 bits per heavy atom. The van der Waals surface area contributed by atoms with Gasteiger partial charge in [0, 0.05) is 0 Å². The molecule has 0 fully saturated rings. The number of hydrogen-bond donors (Lipinski definition) is 0. The number of anilines is 1. The minimum Gasteiger partial charge on any atom is -0.268 e. The molecule has 0 N–H and O–H groups in total. The molecule has 3 nitrogen and oxygen atoms in total. The molecule has 1 aliphatic heterocycles. The van der Waals surface area contributed by atoms with Crippen molar-refractivity contribution in [2.45, 2.75) is 13.8 Å². The number of benzene rings is 2. The van der Waals surface area contributed by atoms with Gasteiger partial charge < -0.3 is 0 Å². The Balaban J connectivity index is 2.16. The molecular weight excluding hydrogens is 309 g/mol. The fraction of sp³-hybridized carbons (Fsp3) is 0.125. The van der Waals surface area contributed by atoms with Crippen molar-refractivity contribution >= 4 is 40.7 Å². The predicted octanol–water partition coefficient (Wildman–Crippen LogP) is 4.41. The third-order valence-corrected chi connectivity index (χ3v) is 4.24. The Labute approximate surface area is 132 Å². The van der Waals surface area contributed by atoms with E-state index < -0.39 is 0 Å². The zero-order valence-corrected chi connectivity index (χ0v) is 12.9. The molecule has 0 saturated heterocycles. The van der Waals surface area contributed by atoms with Gasteiger partial charge in [-0.2, -0.15) is 0 Å². The van der Waals surface area contributed by atoms with Gasteiger partial charge >= 0.3 is 0 Å². The lowest BCUT2D eigenvalue weighted by Crippen LogP contribution is -2.30. The van der Waals surface area contributed by atoms with E-state index in [0.29, 0.717) is 5.69 Å². The summed E-state index contributed by atoms with van der Waals surface area (Å²) in [6, 6.07) is 8.46. The standard InChI is InChI=1S/C16H11Cl2NO2/c1-8-3-4-14(9(2)5-8)19-15(20)10-6-12(17)13(18)7-11(10)16(19)21/h3-7H,1-2H3. The van der Waals surface area contributed by atoms with Crippen molar-refractivity contribution in [3.63, 3.8) is 0 Å². The molecule has 2 aromatic carbocycles. The maximum atomic E-state index is 12.5. The van der Waals surface area contributed by atoms with Crippen LogP contribution in [0.5, 0.6) is 0 Å². The minimum atomic E-state index is -0.375. The highest BCUT2D eigenvalue weighted by molar-refractivity contribution is 6.44. The lowest BCUT2D eigenvalue weighted by atomic mass is 10.1. The van der Waals surface area contributed by atoms with Gasteiger partial charge in [-0.1, -0.05) is 40.9 Å². The first-order chi connectivity index (χ1) is 9.90. The fourth-order valence-electron chi connectivity index (χ4n) is 2.51. The van der Waals surface area contributed by atoms with Crippen molar-refractivity contribution in [1.29, 1.82) is 0 Å². The number of aryl methyl sites for hydroxylation is 2. The van der Waals surface area contributed by atoms with Crippen LogP contribution in [0, 0.1) is 13.8 Å². The van der Waals surface area contributed by atoms with Gasteiger partial charge in [-0.3, -0.25) is 9.59 Å². The molecule has 0 aromatic heterocycles. The average molecular weight is 320 g/mol. The minimum absolute atomic E-state index is 0.263. The Morgan fingerprint density at radius 3 is 1.86 bits per heavy atom. The van der Waals surface area contributed by atoms with E-state index in [1.165, 1.54) is 17.0 Å². The molecule has 2 amide bonds. The average Bonchev–Trinajstić information content (AvgIpc) is 2.64. The molecule has 5 heteroatoms. The summed E-state index contributed by atoms with van der Waals surface area (Å²) in [5, 5.41) is 0.526. The maximum absolute atomic E-state index is 12.5. The summed E-state index contributed by atoms with van der Waals surface area (Å²) in [6.45, 7) is 3.82. The topological polar surface area (TPSA) is 37.4 Å². The van der Waals surface area contributed by atoms with Crippen LogP contribution in [0.25, 0.3) is 0 Å². The SMILES string of the molecule is Cc1ccc(N2C(=O)c3cc(Cl)c(Cl)cc3C2=O)c(C)c1. The largest absolute Gasteiger partial charge is 0.268 e. The number of carbonyl (C=O) groups is 2. The second kappa shape index (κ2) is 4.86. The molecule has 0 atom stereocenters. The van der Waals surface area contributed by atoms with Crippen LogP contribution in [0.3, 0.4) is 0 Å². The molecule has 106 valence electrons. The molecule has 21 heavy (non-hydrogen) atoms. The van der Waals surface area contributed by atoms with Crippen LogP contribution in [0.2, 0.25) is 10.0 Å². The number of nitrogens with zero attached hydrogens (tertiary/aromatic N) is 1. The molecular formula is C16H11Cl2NO2. The van der Waals surface area contributed by atoms with Crippen LogP contribution in [-0.2, 0) is 0 Å². The molecule has 0 bridgehead atoms. The van der Waals surface area contributed by atoms with Crippen LogP contribution >= 0.6 is 23.2 Å². The van der Waals surface area contributed by atoms with Crippen LogP contribution in [0.4, 0.5) is 5.69 Å². The van der Waals surface area contributed by atoms with Crippen LogP contribution in [-0.4, -0.2) is 11.8 Å². The van der Waals surface area contributed by atoms with E-state index in [2.05, 4.69) is 0 Å². The molecule has 0 radical (unpaired) electrons. The van der Waals surface area contributed by atoms with Crippen molar-refractivity contribution in [2.24, 2.45) is 0 Å². The highest BCUT2D eigenvalue weighted by Gasteiger charge is 2.38. The second-order valence-corrected chi connectivity index (χ2v) is 5.86. The summed E-state index contributed by atoms with van der Waals surface area (Å²) in [7, 11) is 0. The van der Waals surface area contributed by atoms with Gasteiger partial charge in [0.15, 0.2) is 0 Å². The molecule has 1 aliphatic rings. The van der Waals surface area contributed by atoms with Gasteiger partial charge in [-0.05, 0) is 37.6 Å². The Bertz CT molecular complexity index is 758. The lowest BCUT2D eigenvalue weighted by Gasteiger charge is -2.16. The van der Waals surface area contributed by atoms with Crippen molar-refractivity contribution in [2.75, 3.05) is 4.90 Å². The number of hydrogen-bond acceptors (Lipinski definition) is 2. The molecule has 0 spiro atoms. The number of fused-ring (bicyclic) bond motifs is 1. The molecule has 3 rings (SSSR count). The van der Waals surface area contributed by atoms with Gasteiger partial charge in [-0.15, -0.1) is 0 Å². The van der Waals surface area contributed by atoms with Crippen LogP contribution in [0.15, 0.2) is 30.3 Å². The zero-order chi connectivity index (χ0) is 15.3. The first kappa shape index (κ1) is 14.1. The monoisotopic (exact) mass is 319 g/mol. The zero-order valence-electron chi connectivity index (χ0n) is 11.4. The lowest BCUT2D eigenvalue weighted by molar-refractivity contribution is 0.0926. The van der Waals surface area contributed by atoms with E-state index in [1.807, 2.05) is 26.0 Å². The van der Waals surface area contributed by atoms with Crippen molar-refractivity contribution in [3.05, 3.63) is 62.6 Å². The molecule has 2 aromatic rings. The molecule has 0 aliphatic carbocycles. The van der Waals surface area contributed by atoms with E-state index >= 15 is 0 Å². The smallest absolute Gasteiger partial charge is 0.266 e. The highest BCUT2D eigenvalue weighted by Crippen LogP contribution is 2.35. The fourth-order valence-corrected chi connectivity index (χ4v) is 2.84. The van der Waals surface area contributed by atoms with Crippen LogP contribution < -0.4 is 4.90 Å². The molecule has 1 heterocycles. The maximum Gasteiger partial charge on any atom is 0.266 e. The Morgan fingerprint density at radius 2 is 1.38 bits per heavy atom. The van der Waals surface area contributed by atoms with Crippen molar-refractivity contribution in [3.8, 4) is 0 Å². The number of rotatable bonds is 1. The quantitative estimate of drug-likeness (QED) is 0.730. The number of amides is 2. The van der Waals surface area contributed by atoms with E-state index in [4.69, 9.17) is 23.2 Å². The van der Waals surface area contributed by atoms with Gasteiger partial charge in [0.2, 0.25) is 0 Å². The first-order valence-corrected chi connectivity index (χ1v) is 7.11. The Kier molecular flexibility index (Phi) is 3.27. The summed E-state index contributed by atoms with van der Waals surface area (Å²) in [5.41, 5.74) is 3.09. The van der Waals surface area contributed by atoms with Gasteiger partial charge in [0.1, 0.15) is 0 Å². The second-order valence-electron chi connectivity index (χ2n) is 5.05. The van der Waals surface area contributed by atoms with Gasteiger partial charge in [-0.25, -0.2) is 4.90 Å². The number of carbonyl (C=O) groups excluding carboxylic acids is 2. The third-order valence-electron chi connectivity index (χ3n) is 3.52. The normalized spacial score (nSPS) is 13.8. The first-order valence-electron chi connectivity index (χ1n) is 6.35. The number of halogens is 2. The van der Waals surface area contributed by atoms with Gasteiger partial charge in [0.25, 0.3) is 11.8 Å². The summed E-state index contributed by atoms with van der Waals surface area (Å²) < 4.78 is 0. The predicted molar refractivity (Wildman–Crippen MR) is 83.5 cm³/mol. The summed E-state index contributed by atoms with van der Waals surface area (Å²) >= 11 is 11.9. The third kappa shape index (κ3) is 2.13. The summed E-state index contributed by atoms with van der Waals surface area (Å²) in [5.74, 6) is -0.749. The van der Waals surface area contributed by atoms with Crippen LogP contribution in [0.1, 0.15) is 31.8 Å². The van der Waals surface area contributed by atoms with Crippen molar-refractivity contribution in [1.82, 2.24) is 0 Å². The van der Waals surface area contributed by atoms with E-state index in [1.54, 1.807) is 6.07 Å². The summed E-state index contributed by atoms with van der Waals surface area (Å²) in [4.78, 5) is 26.2. The van der Waals surface area contributed by atoms with Crippen molar-refractivity contribution < 1.29 is 9.59 Å². The Hall–Kier alpha value is -1.84. The molecule has 0 saturated carbocycles. The van der Waals surface area contributed by atoms with Gasteiger partial charge in [0.05, 0.1) is 26.9 Å². The van der Waals surface area contributed by atoms with E-state index in [0.717, 1.165) is 11.1 Å².